The van der Waals surface area contributed by atoms with Gasteiger partial charge in [0.15, 0.2) is 0 Å². The lowest BCUT2D eigenvalue weighted by atomic mass is 10.0. The highest BCUT2D eigenvalue weighted by Crippen LogP contribution is 2.39. The summed E-state index contributed by atoms with van der Waals surface area (Å²) < 4.78 is 0. The van der Waals surface area contributed by atoms with Crippen LogP contribution in [0, 0.1) is 6.92 Å². The van der Waals surface area contributed by atoms with Crippen LogP contribution >= 0.6 is 34.5 Å². The summed E-state index contributed by atoms with van der Waals surface area (Å²) in [5, 5.41) is 3.81. The number of halogens is 2. The molecular formula is C19H14Cl2N2O2S. The first-order valence-corrected chi connectivity index (χ1v) is 9.20. The highest BCUT2D eigenvalue weighted by atomic mass is 35.5. The van der Waals surface area contributed by atoms with Crippen LogP contribution < -0.4 is 11.1 Å². The maximum Gasteiger partial charge on any atom is 0.256 e. The number of carbonyl (C=O) groups excluding carboxylic acids is 2. The molecule has 26 heavy (non-hydrogen) atoms. The molecule has 0 aliphatic rings. The van der Waals surface area contributed by atoms with Gasteiger partial charge in [0.2, 0.25) is 0 Å². The molecule has 0 aliphatic heterocycles. The number of hydrogen-bond acceptors (Lipinski definition) is 3. The summed E-state index contributed by atoms with van der Waals surface area (Å²) in [4.78, 5) is 25.5. The number of carbonyl (C=O) groups is 2. The molecule has 0 radical (unpaired) electrons. The third kappa shape index (κ3) is 3.60. The van der Waals surface area contributed by atoms with E-state index in [1.807, 2.05) is 37.3 Å². The summed E-state index contributed by atoms with van der Waals surface area (Å²) in [5.41, 5.74) is 7.83. The number of nitrogens with one attached hydrogen (secondary N) is 1. The second-order valence-corrected chi connectivity index (χ2v) is 7.59. The van der Waals surface area contributed by atoms with Gasteiger partial charge in [-0.05, 0) is 30.7 Å². The topological polar surface area (TPSA) is 72.2 Å². The minimum atomic E-state index is -0.599. The Morgan fingerprint density at radius 3 is 2.35 bits per heavy atom. The maximum atomic E-state index is 12.6. The number of primary amides is 1. The Hall–Kier alpha value is -2.34. The van der Waals surface area contributed by atoms with E-state index in [0.717, 1.165) is 16.0 Å². The van der Waals surface area contributed by atoms with E-state index in [1.165, 1.54) is 17.4 Å². The second-order valence-electron chi connectivity index (χ2n) is 5.55. The third-order valence-electron chi connectivity index (χ3n) is 3.80. The molecule has 0 fully saturated rings. The number of anilines is 1. The lowest BCUT2D eigenvalue weighted by Gasteiger charge is -2.07. The average Bonchev–Trinajstić information content (AvgIpc) is 2.94. The molecule has 132 valence electrons. The molecule has 0 unspecified atom stereocenters. The summed E-state index contributed by atoms with van der Waals surface area (Å²) in [6.45, 7) is 1.88. The zero-order valence-corrected chi connectivity index (χ0v) is 16.0. The van der Waals surface area contributed by atoms with Crippen LogP contribution in [0.3, 0.4) is 0 Å². The molecular weight excluding hydrogens is 391 g/mol. The number of hydrogen-bond donors (Lipinski definition) is 2. The molecule has 2 amide bonds. The van der Waals surface area contributed by atoms with Gasteiger partial charge in [0, 0.05) is 16.0 Å². The van der Waals surface area contributed by atoms with Crippen molar-refractivity contribution in [1.82, 2.24) is 0 Å². The van der Waals surface area contributed by atoms with Gasteiger partial charge in [-0.25, -0.2) is 0 Å². The van der Waals surface area contributed by atoms with Gasteiger partial charge in [0.05, 0.1) is 15.6 Å². The van der Waals surface area contributed by atoms with Gasteiger partial charge in [0.25, 0.3) is 11.8 Å². The zero-order valence-electron chi connectivity index (χ0n) is 13.7. The Bertz CT molecular complexity index is 1000. The molecule has 2 aromatic carbocycles. The van der Waals surface area contributed by atoms with Crippen molar-refractivity contribution in [2.45, 2.75) is 6.92 Å². The van der Waals surface area contributed by atoms with E-state index in [9.17, 15) is 9.59 Å². The first-order valence-electron chi connectivity index (χ1n) is 7.63. The van der Waals surface area contributed by atoms with Gasteiger partial charge in [-0.3, -0.25) is 9.59 Å². The van der Waals surface area contributed by atoms with E-state index >= 15 is 0 Å². The molecule has 0 saturated carbocycles. The number of rotatable bonds is 4. The quantitative estimate of drug-likeness (QED) is 0.612. The van der Waals surface area contributed by atoms with E-state index in [0.29, 0.717) is 21.2 Å². The average molecular weight is 405 g/mol. The molecule has 7 heteroatoms. The van der Waals surface area contributed by atoms with Crippen molar-refractivity contribution in [3.8, 4) is 11.1 Å². The van der Waals surface area contributed by atoms with Gasteiger partial charge in [-0.15, -0.1) is 11.3 Å². The second kappa shape index (κ2) is 7.50. The van der Waals surface area contributed by atoms with Crippen LogP contribution in [-0.4, -0.2) is 11.8 Å². The standard InChI is InChI=1S/C19H14Cl2N2O2S/c1-10-15(11-5-3-2-4-6-11)16(17(22)24)19(26-10)23-18(25)12-7-8-13(20)14(21)9-12/h2-9H,1H3,(H2,22,24)(H,23,25). The molecule has 3 N–H and O–H groups in total. The highest BCUT2D eigenvalue weighted by Gasteiger charge is 2.23. The number of thiophene rings is 1. The van der Waals surface area contributed by atoms with Crippen LogP contribution in [0.2, 0.25) is 10.0 Å². The van der Waals surface area contributed by atoms with Crippen molar-refractivity contribution < 1.29 is 9.59 Å². The smallest absolute Gasteiger partial charge is 0.256 e. The van der Waals surface area contributed by atoms with Crippen molar-refractivity contribution in [1.29, 1.82) is 0 Å². The molecule has 0 aliphatic carbocycles. The summed E-state index contributed by atoms with van der Waals surface area (Å²) >= 11 is 13.2. The Morgan fingerprint density at radius 1 is 1.04 bits per heavy atom. The van der Waals surface area contributed by atoms with Crippen LogP contribution in [0.25, 0.3) is 11.1 Å². The van der Waals surface area contributed by atoms with Crippen molar-refractivity contribution >= 4 is 51.4 Å². The Labute approximate surface area is 164 Å². The number of nitrogens with two attached hydrogens (primary N) is 1. The molecule has 4 nitrogen and oxygen atoms in total. The molecule has 0 saturated heterocycles. The summed E-state index contributed by atoms with van der Waals surface area (Å²) in [7, 11) is 0. The lowest BCUT2D eigenvalue weighted by Crippen LogP contribution is -2.17. The van der Waals surface area contributed by atoms with Gasteiger partial charge in [-0.1, -0.05) is 53.5 Å². The predicted molar refractivity (Wildman–Crippen MR) is 107 cm³/mol. The van der Waals surface area contributed by atoms with Crippen molar-refractivity contribution in [2.24, 2.45) is 5.73 Å². The summed E-state index contributed by atoms with van der Waals surface area (Å²) in [5.74, 6) is -0.996. The van der Waals surface area contributed by atoms with E-state index in [1.54, 1.807) is 12.1 Å². The Balaban J connectivity index is 2.02. The molecule has 0 bridgehead atoms. The van der Waals surface area contributed by atoms with Gasteiger partial charge in [0.1, 0.15) is 5.00 Å². The van der Waals surface area contributed by atoms with Crippen molar-refractivity contribution in [3.63, 3.8) is 0 Å². The third-order valence-corrected chi connectivity index (χ3v) is 5.56. The molecule has 1 heterocycles. The van der Waals surface area contributed by atoms with E-state index in [-0.39, 0.29) is 5.02 Å². The van der Waals surface area contributed by atoms with E-state index < -0.39 is 11.8 Å². The molecule has 3 aromatic rings. The van der Waals surface area contributed by atoms with Crippen LogP contribution in [-0.2, 0) is 0 Å². The number of aryl methyl sites for hydroxylation is 1. The fourth-order valence-corrected chi connectivity index (χ4v) is 4.01. The maximum absolute atomic E-state index is 12.6. The molecule has 3 rings (SSSR count). The summed E-state index contributed by atoms with van der Waals surface area (Å²) in [6.07, 6.45) is 0. The normalized spacial score (nSPS) is 10.6. The van der Waals surface area contributed by atoms with Crippen LogP contribution in [0.5, 0.6) is 0 Å². The van der Waals surface area contributed by atoms with Gasteiger partial charge in [-0.2, -0.15) is 0 Å². The molecule has 0 spiro atoms. The molecule has 1 aromatic heterocycles. The van der Waals surface area contributed by atoms with E-state index in [2.05, 4.69) is 5.32 Å². The van der Waals surface area contributed by atoms with Crippen molar-refractivity contribution in [2.75, 3.05) is 5.32 Å². The van der Waals surface area contributed by atoms with Gasteiger partial charge >= 0.3 is 0 Å². The predicted octanol–water partition coefficient (Wildman–Crippen LogP) is 5.38. The van der Waals surface area contributed by atoms with Crippen LogP contribution in [0.4, 0.5) is 5.00 Å². The Kier molecular flexibility index (Phi) is 5.32. The first-order chi connectivity index (χ1) is 12.4. The monoisotopic (exact) mass is 404 g/mol. The SMILES string of the molecule is Cc1sc(NC(=O)c2ccc(Cl)c(Cl)c2)c(C(N)=O)c1-c1ccccc1. The van der Waals surface area contributed by atoms with Crippen LogP contribution in [0.15, 0.2) is 48.5 Å². The zero-order chi connectivity index (χ0) is 18.8. The minimum absolute atomic E-state index is 0.279. The Morgan fingerprint density at radius 2 is 1.73 bits per heavy atom. The lowest BCUT2D eigenvalue weighted by molar-refractivity contribution is 0.100. The number of amides is 2. The molecule has 0 atom stereocenters. The first kappa shape index (κ1) is 18.5. The fourth-order valence-electron chi connectivity index (χ4n) is 2.63. The summed E-state index contributed by atoms with van der Waals surface area (Å²) in [6, 6.07) is 14.0. The van der Waals surface area contributed by atoms with E-state index in [4.69, 9.17) is 28.9 Å². The van der Waals surface area contributed by atoms with Gasteiger partial charge < -0.3 is 11.1 Å². The minimum Gasteiger partial charge on any atom is -0.365 e. The largest absolute Gasteiger partial charge is 0.365 e. The van der Waals surface area contributed by atoms with Crippen molar-refractivity contribution in [3.05, 3.63) is 74.6 Å². The number of benzene rings is 2. The highest BCUT2D eigenvalue weighted by molar-refractivity contribution is 7.17. The van der Waals surface area contributed by atoms with Crippen LogP contribution in [0.1, 0.15) is 25.6 Å². The fraction of sp³-hybridized carbons (Fsp3) is 0.0526.